The number of nitriles is 1. The summed E-state index contributed by atoms with van der Waals surface area (Å²) in [6.45, 7) is 0.441. The van der Waals surface area contributed by atoms with Crippen molar-refractivity contribution in [1.82, 2.24) is 14.5 Å². The van der Waals surface area contributed by atoms with Crippen molar-refractivity contribution < 1.29 is 13.2 Å². The van der Waals surface area contributed by atoms with Gasteiger partial charge in [0.15, 0.2) is 5.69 Å². The van der Waals surface area contributed by atoms with E-state index < -0.39 is 11.9 Å². The van der Waals surface area contributed by atoms with Crippen LogP contribution < -0.4 is 5.32 Å². The number of nitrogens with zero attached hydrogens (tertiary/aromatic N) is 4. The molecule has 0 spiro atoms. The van der Waals surface area contributed by atoms with Gasteiger partial charge in [-0.1, -0.05) is 35.9 Å². The monoisotopic (exact) mass is 431 g/mol. The fraction of sp³-hybridized carbons (Fsp3) is 0.286. The maximum atomic E-state index is 12.9. The van der Waals surface area contributed by atoms with Gasteiger partial charge in [0.2, 0.25) is 0 Å². The fourth-order valence-corrected chi connectivity index (χ4v) is 3.92. The molecule has 1 aromatic carbocycles. The number of halogens is 4. The number of anilines is 1. The van der Waals surface area contributed by atoms with Crippen LogP contribution in [0.4, 0.5) is 18.9 Å². The van der Waals surface area contributed by atoms with E-state index >= 15 is 0 Å². The summed E-state index contributed by atoms with van der Waals surface area (Å²) in [6.07, 6.45) is -0.850. The molecule has 0 aliphatic heterocycles. The maximum absolute atomic E-state index is 12.9. The number of hydrogen-bond acceptors (Lipinski definition) is 4. The number of imidazole rings is 1. The second kappa shape index (κ2) is 7.65. The summed E-state index contributed by atoms with van der Waals surface area (Å²) in [5, 5.41) is 13.0. The number of fused-ring (bicyclic) bond motifs is 1. The van der Waals surface area contributed by atoms with Crippen molar-refractivity contribution in [3.8, 4) is 17.5 Å². The zero-order valence-corrected chi connectivity index (χ0v) is 16.8. The van der Waals surface area contributed by atoms with Crippen molar-refractivity contribution in [3.63, 3.8) is 0 Å². The van der Waals surface area contributed by atoms with Crippen LogP contribution in [0, 0.1) is 11.3 Å². The molecule has 0 radical (unpaired) electrons. The van der Waals surface area contributed by atoms with E-state index in [0.29, 0.717) is 23.4 Å². The molecule has 3 aromatic rings. The minimum Gasteiger partial charge on any atom is -0.380 e. The molecule has 1 aliphatic carbocycles. The zero-order chi connectivity index (χ0) is 21.5. The first-order valence-corrected chi connectivity index (χ1v) is 9.71. The fourth-order valence-electron chi connectivity index (χ4n) is 3.68. The molecule has 0 atom stereocenters. The van der Waals surface area contributed by atoms with Gasteiger partial charge in [0.05, 0.1) is 5.69 Å². The van der Waals surface area contributed by atoms with E-state index in [2.05, 4.69) is 21.4 Å². The molecule has 0 fully saturated rings. The molecule has 0 amide bonds. The molecule has 1 N–H and O–H groups in total. The lowest BCUT2D eigenvalue weighted by molar-refractivity contribution is -0.140. The Morgan fingerprint density at radius 3 is 2.57 bits per heavy atom. The van der Waals surface area contributed by atoms with Gasteiger partial charge in [-0.3, -0.25) is 0 Å². The van der Waals surface area contributed by atoms with E-state index in [1.54, 1.807) is 12.1 Å². The minimum absolute atomic E-state index is 0.200. The van der Waals surface area contributed by atoms with Crippen LogP contribution in [0.1, 0.15) is 34.5 Å². The smallest absolute Gasteiger partial charge is 0.380 e. The molecule has 2 aromatic heterocycles. The topological polar surface area (TPSA) is 66.5 Å². The van der Waals surface area contributed by atoms with Crippen molar-refractivity contribution in [2.45, 2.75) is 32.0 Å². The molecule has 2 heterocycles. The van der Waals surface area contributed by atoms with Gasteiger partial charge in [-0.25, -0.2) is 9.97 Å². The van der Waals surface area contributed by atoms with Crippen molar-refractivity contribution >= 4 is 17.3 Å². The third kappa shape index (κ3) is 3.73. The summed E-state index contributed by atoms with van der Waals surface area (Å²) in [7, 11) is 1.53. The predicted octanol–water partition coefficient (Wildman–Crippen LogP) is 5.13. The lowest BCUT2D eigenvalue weighted by Crippen LogP contribution is -2.07. The number of pyridine rings is 1. The van der Waals surface area contributed by atoms with Crippen LogP contribution in [0.15, 0.2) is 30.5 Å². The van der Waals surface area contributed by atoms with Crippen LogP contribution in [0.25, 0.3) is 11.4 Å². The number of hydrogen-bond donors (Lipinski definition) is 1. The Morgan fingerprint density at radius 2 is 1.93 bits per heavy atom. The maximum Gasteiger partial charge on any atom is 0.434 e. The molecule has 0 bridgehead atoms. The summed E-state index contributed by atoms with van der Waals surface area (Å²) >= 11 is 6.17. The average molecular weight is 432 g/mol. The van der Waals surface area contributed by atoms with Crippen molar-refractivity contribution in [1.29, 1.82) is 5.26 Å². The van der Waals surface area contributed by atoms with E-state index in [1.165, 1.54) is 11.6 Å². The summed E-state index contributed by atoms with van der Waals surface area (Å²) in [5.41, 5.74) is 3.58. The van der Waals surface area contributed by atoms with Gasteiger partial charge < -0.3 is 9.88 Å². The highest BCUT2D eigenvalue weighted by molar-refractivity contribution is 6.31. The first-order valence-electron chi connectivity index (χ1n) is 9.33. The summed E-state index contributed by atoms with van der Waals surface area (Å²) in [4.78, 5) is 8.04. The van der Waals surface area contributed by atoms with Gasteiger partial charge in [0, 0.05) is 31.0 Å². The van der Waals surface area contributed by atoms with Crippen LogP contribution in [0.2, 0.25) is 5.15 Å². The summed E-state index contributed by atoms with van der Waals surface area (Å²) in [6, 6.07) is 9.22. The lowest BCUT2D eigenvalue weighted by Gasteiger charge is -2.14. The normalized spacial score (nSPS) is 13.2. The Balaban J connectivity index is 1.55. The van der Waals surface area contributed by atoms with Gasteiger partial charge in [-0.2, -0.15) is 18.4 Å². The predicted molar refractivity (Wildman–Crippen MR) is 107 cm³/mol. The van der Waals surface area contributed by atoms with Gasteiger partial charge in [-0.05, 0) is 30.4 Å². The van der Waals surface area contributed by atoms with E-state index in [-0.39, 0.29) is 11.0 Å². The van der Waals surface area contributed by atoms with E-state index in [4.69, 9.17) is 11.6 Å². The summed E-state index contributed by atoms with van der Waals surface area (Å²) < 4.78 is 40.0. The second-order valence-electron chi connectivity index (χ2n) is 7.15. The van der Waals surface area contributed by atoms with Crippen LogP contribution in [0.5, 0.6) is 0 Å². The standard InChI is InChI=1S/C21H17ClF3N5/c1-30-11-17(21(23,24)25)29-20(30)13-7-5-12(6-8-13)10-27-18-14-3-2-4-16(14)28-19(22)15(18)9-26/h5-8,11H,2-4,10H2,1H3,(H,27,28). The molecule has 4 rings (SSSR count). The van der Waals surface area contributed by atoms with E-state index in [0.717, 1.165) is 42.3 Å². The van der Waals surface area contributed by atoms with Gasteiger partial charge in [0.25, 0.3) is 0 Å². The van der Waals surface area contributed by atoms with Crippen LogP contribution >= 0.6 is 11.6 Å². The molecular formula is C21H17ClF3N5. The number of rotatable bonds is 4. The quantitative estimate of drug-likeness (QED) is 0.582. The molecule has 0 saturated carbocycles. The van der Waals surface area contributed by atoms with E-state index in [9.17, 15) is 18.4 Å². The van der Waals surface area contributed by atoms with Gasteiger partial charge in [0.1, 0.15) is 22.6 Å². The molecule has 5 nitrogen and oxygen atoms in total. The minimum atomic E-state index is -4.48. The Labute approximate surface area is 176 Å². The molecule has 0 saturated heterocycles. The van der Waals surface area contributed by atoms with Gasteiger partial charge >= 0.3 is 6.18 Å². The molecule has 154 valence electrons. The molecular weight excluding hydrogens is 415 g/mol. The number of alkyl halides is 3. The first-order chi connectivity index (χ1) is 14.3. The van der Waals surface area contributed by atoms with Crippen LogP contribution in [0.3, 0.4) is 0 Å². The van der Waals surface area contributed by atoms with Crippen molar-refractivity contribution in [2.24, 2.45) is 7.05 Å². The zero-order valence-electron chi connectivity index (χ0n) is 16.0. The molecule has 9 heteroatoms. The molecule has 0 unspecified atom stereocenters. The third-order valence-electron chi connectivity index (χ3n) is 5.14. The molecule has 1 aliphatic rings. The summed E-state index contributed by atoms with van der Waals surface area (Å²) in [5.74, 6) is 0.243. The largest absolute Gasteiger partial charge is 0.434 e. The number of aromatic nitrogens is 3. The highest BCUT2D eigenvalue weighted by atomic mass is 35.5. The van der Waals surface area contributed by atoms with Crippen molar-refractivity contribution in [3.05, 3.63) is 63.7 Å². The van der Waals surface area contributed by atoms with Crippen LogP contribution in [-0.2, 0) is 32.6 Å². The highest BCUT2D eigenvalue weighted by Gasteiger charge is 2.34. The Morgan fingerprint density at radius 1 is 1.20 bits per heavy atom. The SMILES string of the molecule is Cn1cc(C(F)(F)F)nc1-c1ccc(CNc2c(C#N)c(Cl)nc3c2CCC3)cc1. The van der Waals surface area contributed by atoms with Gasteiger partial charge in [-0.15, -0.1) is 0 Å². The number of aryl methyl sites for hydroxylation is 2. The second-order valence-corrected chi connectivity index (χ2v) is 7.51. The van der Waals surface area contributed by atoms with Crippen molar-refractivity contribution in [2.75, 3.05) is 5.32 Å². The Bertz CT molecular complexity index is 1140. The molecule has 30 heavy (non-hydrogen) atoms. The van der Waals surface area contributed by atoms with Crippen LogP contribution in [-0.4, -0.2) is 14.5 Å². The number of benzene rings is 1. The Hall–Kier alpha value is -3.05. The van der Waals surface area contributed by atoms with E-state index in [1.807, 2.05) is 12.1 Å². The lowest BCUT2D eigenvalue weighted by atomic mass is 10.1. The highest BCUT2D eigenvalue weighted by Crippen LogP contribution is 2.34. The third-order valence-corrected chi connectivity index (χ3v) is 5.41. The first kappa shape index (κ1) is 20.2. The average Bonchev–Trinajstić information content (AvgIpc) is 3.32. The Kier molecular flexibility index (Phi) is 5.16. The number of nitrogens with one attached hydrogen (secondary N) is 1.